The van der Waals surface area contributed by atoms with Crippen LogP contribution >= 0.6 is 0 Å². The molecule has 0 spiro atoms. The number of Topliss-reactive ketones (excluding diaryl/α,β-unsaturated/α-hetero) is 1. The Hall–Kier alpha value is -2.70. The van der Waals surface area contributed by atoms with Gasteiger partial charge in [0.25, 0.3) is 0 Å². The molecule has 1 aliphatic heterocycles. The molecule has 7 nitrogen and oxygen atoms in total. The molecule has 0 atom stereocenters. The first-order valence-corrected chi connectivity index (χ1v) is 9.32. The predicted molar refractivity (Wildman–Crippen MR) is 98.8 cm³/mol. The van der Waals surface area contributed by atoms with E-state index >= 15 is 0 Å². The lowest BCUT2D eigenvalue weighted by molar-refractivity contribution is -0.132. The average Bonchev–Trinajstić information content (AvgIpc) is 3.14. The normalized spacial score (nSPS) is 15.0. The summed E-state index contributed by atoms with van der Waals surface area (Å²) < 4.78 is 10.3. The standard InChI is InChI=1S/C20H25N3O4/c1-14-21-20(27-22-14)16-10-12-23(13-11-16)19(25)5-3-4-18(24)15-6-8-17(26-2)9-7-15/h6-9,16H,3-5,10-13H2,1-2H3. The van der Waals surface area contributed by atoms with Gasteiger partial charge in [-0.15, -0.1) is 0 Å². The van der Waals surface area contributed by atoms with E-state index in [4.69, 9.17) is 9.26 Å². The third kappa shape index (κ3) is 4.93. The maximum atomic E-state index is 12.4. The maximum absolute atomic E-state index is 12.4. The van der Waals surface area contributed by atoms with Gasteiger partial charge >= 0.3 is 0 Å². The molecule has 0 aliphatic carbocycles. The molecule has 1 aliphatic rings. The lowest BCUT2D eigenvalue weighted by atomic mass is 9.96. The minimum Gasteiger partial charge on any atom is -0.497 e. The molecule has 0 radical (unpaired) electrons. The number of aromatic nitrogens is 2. The van der Waals surface area contributed by atoms with E-state index in [1.165, 1.54) is 0 Å². The van der Waals surface area contributed by atoms with Crippen LogP contribution in [0.25, 0.3) is 0 Å². The second kappa shape index (κ2) is 8.79. The van der Waals surface area contributed by atoms with E-state index in [0.717, 1.165) is 18.6 Å². The number of hydrogen-bond acceptors (Lipinski definition) is 6. The van der Waals surface area contributed by atoms with Crippen molar-refractivity contribution >= 4 is 11.7 Å². The number of amides is 1. The fourth-order valence-corrected chi connectivity index (χ4v) is 3.33. The third-order valence-corrected chi connectivity index (χ3v) is 4.95. The number of methoxy groups -OCH3 is 1. The summed E-state index contributed by atoms with van der Waals surface area (Å²) in [6.07, 6.45) is 2.99. The Bertz CT molecular complexity index is 777. The molecular weight excluding hydrogens is 346 g/mol. The number of ether oxygens (including phenoxy) is 1. The van der Waals surface area contributed by atoms with Gasteiger partial charge in [0.15, 0.2) is 11.6 Å². The summed E-state index contributed by atoms with van der Waals surface area (Å²) in [5, 5.41) is 3.83. The summed E-state index contributed by atoms with van der Waals surface area (Å²) in [7, 11) is 1.59. The molecular formula is C20H25N3O4. The van der Waals surface area contributed by atoms with Crippen LogP contribution in [0.5, 0.6) is 5.75 Å². The van der Waals surface area contributed by atoms with E-state index in [2.05, 4.69) is 10.1 Å². The van der Waals surface area contributed by atoms with Crippen molar-refractivity contribution in [3.8, 4) is 5.75 Å². The number of carbonyl (C=O) groups excluding carboxylic acids is 2. The number of hydrogen-bond donors (Lipinski definition) is 0. The number of aryl methyl sites for hydroxylation is 1. The van der Waals surface area contributed by atoms with Gasteiger partial charge in [-0.1, -0.05) is 5.16 Å². The van der Waals surface area contributed by atoms with Crippen LogP contribution in [0.3, 0.4) is 0 Å². The number of nitrogens with zero attached hydrogens (tertiary/aromatic N) is 3. The van der Waals surface area contributed by atoms with Gasteiger partial charge in [0, 0.05) is 37.4 Å². The van der Waals surface area contributed by atoms with Crippen molar-refractivity contribution in [1.29, 1.82) is 0 Å². The summed E-state index contributed by atoms with van der Waals surface area (Å²) in [5.41, 5.74) is 0.652. The molecule has 3 rings (SSSR count). The monoisotopic (exact) mass is 371 g/mol. The van der Waals surface area contributed by atoms with Crippen LogP contribution in [-0.2, 0) is 4.79 Å². The van der Waals surface area contributed by atoms with E-state index in [9.17, 15) is 9.59 Å². The minimum absolute atomic E-state index is 0.0518. The highest BCUT2D eigenvalue weighted by atomic mass is 16.5. The number of ketones is 1. The van der Waals surface area contributed by atoms with E-state index in [-0.39, 0.29) is 17.6 Å². The summed E-state index contributed by atoms with van der Waals surface area (Å²) in [6, 6.07) is 7.06. The molecule has 0 N–H and O–H groups in total. The van der Waals surface area contributed by atoms with Crippen LogP contribution in [0.1, 0.15) is 60.1 Å². The van der Waals surface area contributed by atoms with Crippen LogP contribution in [0, 0.1) is 6.92 Å². The maximum Gasteiger partial charge on any atom is 0.229 e. The molecule has 27 heavy (non-hydrogen) atoms. The van der Waals surface area contributed by atoms with Gasteiger partial charge in [-0.2, -0.15) is 4.98 Å². The van der Waals surface area contributed by atoms with Crippen LogP contribution in [0.2, 0.25) is 0 Å². The van der Waals surface area contributed by atoms with Crippen molar-refractivity contribution in [2.45, 2.75) is 44.9 Å². The molecule has 0 unspecified atom stereocenters. The topological polar surface area (TPSA) is 85.5 Å². The van der Waals surface area contributed by atoms with Crippen molar-refractivity contribution in [2.24, 2.45) is 0 Å². The van der Waals surface area contributed by atoms with E-state index in [1.807, 2.05) is 4.90 Å². The second-order valence-corrected chi connectivity index (χ2v) is 6.84. The molecule has 7 heteroatoms. The zero-order chi connectivity index (χ0) is 19.2. The lowest BCUT2D eigenvalue weighted by Gasteiger charge is -2.30. The van der Waals surface area contributed by atoms with Gasteiger partial charge in [0.05, 0.1) is 7.11 Å². The lowest BCUT2D eigenvalue weighted by Crippen LogP contribution is -2.37. The zero-order valence-corrected chi connectivity index (χ0v) is 15.8. The highest BCUT2D eigenvalue weighted by Crippen LogP contribution is 2.27. The Morgan fingerprint density at radius 1 is 1.19 bits per heavy atom. The smallest absolute Gasteiger partial charge is 0.229 e. The largest absolute Gasteiger partial charge is 0.497 e. The van der Waals surface area contributed by atoms with Gasteiger partial charge in [0.2, 0.25) is 11.8 Å². The van der Waals surface area contributed by atoms with E-state index in [1.54, 1.807) is 38.3 Å². The third-order valence-electron chi connectivity index (χ3n) is 4.95. The van der Waals surface area contributed by atoms with Crippen molar-refractivity contribution in [1.82, 2.24) is 15.0 Å². The number of carbonyl (C=O) groups is 2. The van der Waals surface area contributed by atoms with Crippen molar-refractivity contribution in [2.75, 3.05) is 20.2 Å². The fraction of sp³-hybridized carbons (Fsp3) is 0.500. The Labute approximate surface area is 158 Å². The number of piperidine rings is 1. The summed E-state index contributed by atoms with van der Waals surface area (Å²) in [6.45, 7) is 3.19. The van der Waals surface area contributed by atoms with Crippen LogP contribution < -0.4 is 4.74 Å². The Balaban J connectivity index is 1.40. The molecule has 1 amide bonds. The first kappa shape index (κ1) is 19.1. The van der Waals surface area contributed by atoms with Crippen LogP contribution in [0.15, 0.2) is 28.8 Å². The number of likely N-dealkylation sites (tertiary alicyclic amines) is 1. The van der Waals surface area contributed by atoms with Crippen molar-refractivity contribution in [3.63, 3.8) is 0 Å². The molecule has 2 heterocycles. The number of benzene rings is 1. The first-order valence-electron chi connectivity index (χ1n) is 9.32. The molecule has 2 aromatic rings. The minimum atomic E-state index is 0.0518. The quantitative estimate of drug-likeness (QED) is 0.695. The zero-order valence-electron chi connectivity index (χ0n) is 15.8. The fourth-order valence-electron chi connectivity index (χ4n) is 3.33. The highest BCUT2D eigenvalue weighted by Gasteiger charge is 2.27. The van der Waals surface area contributed by atoms with Crippen molar-refractivity contribution < 1.29 is 18.8 Å². The Morgan fingerprint density at radius 3 is 2.48 bits per heavy atom. The van der Waals surface area contributed by atoms with E-state index in [0.29, 0.717) is 49.6 Å². The van der Waals surface area contributed by atoms with Crippen LogP contribution in [-0.4, -0.2) is 46.9 Å². The van der Waals surface area contributed by atoms with Crippen LogP contribution in [0.4, 0.5) is 0 Å². The predicted octanol–water partition coefficient (Wildman–Crippen LogP) is 3.15. The van der Waals surface area contributed by atoms with Gasteiger partial charge in [-0.3, -0.25) is 9.59 Å². The van der Waals surface area contributed by atoms with Gasteiger partial charge in [-0.25, -0.2) is 0 Å². The molecule has 1 aromatic carbocycles. The second-order valence-electron chi connectivity index (χ2n) is 6.84. The first-order chi connectivity index (χ1) is 13.1. The highest BCUT2D eigenvalue weighted by molar-refractivity contribution is 5.96. The summed E-state index contributed by atoms with van der Waals surface area (Å²) >= 11 is 0. The molecule has 1 aromatic heterocycles. The Morgan fingerprint density at radius 2 is 1.89 bits per heavy atom. The van der Waals surface area contributed by atoms with E-state index < -0.39 is 0 Å². The van der Waals surface area contributed by atoms with Gasteiger partial charge in [-0.05, 0) is 50.5 Å². The van der Waals surface area contributed by atoms with Crippen molar-refractivity contribution in [3.05, 3.63) is 41.5 Å². The number of rotatable bonds is 7. The molecule has 144 valence electrons. The van der Waals surface area contributed by atoms with Gasteiger partial charge in [0.1, 0.15) is 5.75 Å². The molecule has 0 saturated carbocycles. The molecule has 1 fully saturated rings. The SMILES string of the molecule is COc1ccc(C(=O)CCCC(=O)N2CCC(c3nc(C)no3)CC2)cc1. The van der Waals surface area contributed by atoms with Gasteiger partial charge < -0.3 is 14.2 Å². The molecule has 1 saturated heterocycles. The summed E-state index contributed by atoms with van der Waals surface area (Å²) in [5.74, 6) is 2.43. The summed E-state index contributed by atoms with van der Waals surface area (Å²) in [4.78, 5) is 30.8. The average molecular weight is 371 g/mol. The Kier molecular flexibility index (Phi) is 6.21. The molecule has 0 bridgehead atoms.